The molecule has 0 amide bonds. The zero-order valence-electron chi connectivity index (χ0n) is 8.82. The van der Waals surface area contributed by atoms with Gasteiger partial charge in [0, 0.05) is 23.9 Å². The van der Waals surface area contributed by atoms with Crippen molar-refractivity contribution in [3.05, 3.63) is 41.7 Å². The van der Waals surface area contributed by atoms with Crippen molar-refractivity contribution in [3.63, 3.8) is 0 Å². The van der Waals surface area contributed by atoms with Crippen molar-refractivity contribution >= 4 is 5.82 Å². The molecule has 0 saturated heterocycles. The van der Waals surface area contributed by atoms with Gasteiger partial charge in [0.2, 0.25) is 0 Å². The fraction of sp³-hybridized carbons (Fsp3) is 0.273. The summed E-state index contributed by atoms with van der Waals surface area (Å²) in [5.74, 6) is 1.63. The van der Waals surface area contributed by atoms with E-state index in [4.69, 9.17) is 4.42 Å². The molecule has 0 aliphatic heterocycles. The highest BCUT2D eigenvalue weighted by Crippen LogP contribution is 2.08. The number of anilines is 1. The monoisotopic (exact) mass is 203 g/mol. The summed E-state index contributed by atoms with van der Waals surface area (Å²) in [6.45, 7) is 4.56. The average Bonchev–Trinajstić information content (AvgIpc) is 2.65. The van der Waals surface area contributed by atoms with E-state index in [1.54, 1.807) is 12.5 Å². The molecule has 2 aromatic heterocycles. The van der Waals surface area contributed by atoms with Gasteiger partial charge in [-0.15, -0.1) is 0 Å². The summed E-state index contributed by atoms with van der Waals surface area (Å²) in [6.07, 6.45) is 3.38. The second kappa shape index (κ2) is 4.13. The molecule has 0 radical (unpaired) electrons. The summed E-state index contributed by atoms with van der Waals surface area (Å²) < 4.78 is 4.98. The second-order valence-corrected chi connectivity index (χ2v) is 3.43. The van der Waals surface area contributed by atoms with Gasteiger partial charge in [-0.05, 0) is 19.9 Å². The van der Waals surface area contributed by atoms with Crippen LogP contribution in [0.2, 0.25) is 0 Å². The van der Waals surface area contributed by atoms with Gasteiger partial charge in [-0.25, -0.2) is 9.97 Å². The van der Waals surface area contributed by atoms with Gasteiger partial charge in [-0.2, -0.15) is 0 Å². The molecule has 1 N–H and O–H groups in total. The van der Waals surface area contributed by atoms with Crippen LogP contribution in [-0.4, -0.2) is 9.97 Å². The van der Waals surface area contributed by atoms with Crippen molar-refractivity contribution in [2.24, 2.45) is 0 Å². The molecule has 2 rings (SSSR count). The number of furan rings is 1. The van der Waals surface area contributed by atoms with Gasteiger partial charge in [-0.3, -0.25) is 0 Å². The Morgan fingerprint density at radius 1 is 1.33 bits per heavy atom. The van der Waals surface area contributed by atoms with Crippen LogP contribution in [0, 0.1) is 13.8 Å². The van der Waals surface area contributed by atoms with Crippen molar-refractivity contribution in [1.82, 2.24) is 9.97 Å². The number of hydrogen-bond donors (Lipinski definition) is 1. The van der Waals surface area contributed by atoms with Crippen molar-refractivity contribution in [3.8, 4) is 0 Å². The first-order valence-electron chi connectivity index (χ1n) is 4.81. The number of aryl methyl sites for hydroxylation is 2. The SMILES string of the molecule is Cc1cc(NCc2ccoc2)nc(C)n1. The van der Waals surface area contributed by atoms with Gasteiger partial charge in [0.15, 0.2) is 0 Å². The highest BCUT2D eigenvalue weighted by molar-refractivity contribution is 5.36. The maximum Gasteiger partial charge on any atom is 0.130 e. The quantitative estimate of drug-likeness (QED) is 0.831. The van der Waals surface area contributed by atoms with Gasteiger partial charge < -0.3 is 9.73 Å². The maximum absolute atomic E-state index is 4.98. The minimum Gasteiger partial charge on any atom is -0.472 e. The van der Waals surface area contributed by atoms with Crippen molar-refractivity contribution in [1.29, 1.82) is 0 Å². The molecule has 0 spiro atoms. The lowest BCUT2D eigenvalue weighted by Crippen LogP contribution is -2.03. The van der Waals surface area contributed by atoms with Gasteiger partial charge >= 0.3 is 0 Å². The third-order valence-electron chi connectivity index (χ3n) is 2.02. The van der Waals surface area contributed by atoms with Crippen LogP contribution in [-0.2, 0) is 6.54 Å². The van der Waals surface area contributed by atoms with Crippen molar-refractivity contribution in [2.45, 2.75) is 20.4 Å². The highest BCUT2D eigenvalue weighted by atomic mass is 16.3. The molecular weight excluding hydrogens is 190 g/mol. The van der Waals surface area contributed by atoms with Gasteiger partial charge in [-0.1, -0.05) is 0 Å². The van der Waals surface area contributed by atoms with Gasteiger partial charge in [0.25, 0.3) is 0 Å². The van der Waals surface area contributed by atoms with E-state index in [9.17, 15) is 0 Å². The Bertz CT molecular complexity index is 417. The number of aromatic nitrogens is 2. The van der Waals surface area contributed by atoms with Crippen molar-refractivity contribution < 1.29 is 4.42 Å². The number of hydrogen-bond acceptors (Lipinski definition) is 4. The molecule has 0 unspecified atom stereocenters. The molecule has 2 heterocycles. The Morgan fingerprint density at radius 2 is 2.20 bits per heavy atom. The van der Waals surface area contributed by atoms with Crippen LogP contribution in [0.3, 0.4) is 0 Å². The van der Waals surface area contributed by atoms with Crippen LogP contribution >= 0.6 is 0 Å². The van der Waals surface area contributed by atoms with E-state index in [1.807, 2.05) is 26.0 Å². The molecule has 4 nitrogen and oxygen atoms in total. The van der Waals surface area contributed by atoms with Crippen molar-refractivity contribution in [2.75, 3.05) is 5.32 Å². The molecule has 0 aromatic carbocycles. The third-order valence-corrected chi connectivity index (χ3v) is 2.02. The molecule has 0 atom stereocenters. The van der Waals surface area contributed by atoms with Gasteiger partial charge in [0.05, 0.1) is 12.5 Å². The highest BCUT2D eigenvalue weighted by Gasteiger charge is 1.99. The predicted octanol–water partition coefficient (Wildman–Crippen LogP) is 2.30. The molecular formula is C11H13N3O. The van der Waals surface area contributed by atoms with E-state index < -0.39 is 0 Å². The Morgan fingerprint density at radius 3 is 2.87 bits per heavy atom. The summed E-state index contributed by atoms with van der Waals surface area (Å²) in [4.78, 5) is 8.49. The van der Waals surface area contributed by atoms with E-state index in [2.05, 4.69) is 15.3 Å². The zero-order chi connectivity index (χ0) is 10.7. The summed E-state index contributed by atoms with van der Waals surface area (Å²) in [5, 5.41) is 3.22. The first kappa shape index (κ1) is 9.71. The Kier molecular flexibility index (Phi) is 2.67. The molecule has 4 heteroatoms. The molecule has 78 valence electrons. The smallest absolute Gasteiger partial charge is 0.130 e. The topological polar surface area (TPSA) is 51.0 Å². The Hall–Kier alpha value is -1.84. The lowest BCUT2D eigenvalue weighted by atomic mass is 10.3. The number of nitrogens with one attached hydrogen (secondary N) is 1. The van der Waals surface area contributed by atoms with Crippen LogP contribution in [0.25, 0.3) is 0 Å². The molecule has 0 fully saturated rings. The van der Waals surface area contributed by atoms with Crippen LogP contribution in [0.4, 0.5) is 5.82 Å². The predicted molar refractivity (Wildman–Crippen MR) is 57.5 cm³/mol. The minimum absolute atomic E-state index is 0.715. The third kappa shape index (κ3) is 2.56. The molecule has 0 bridgehead atoms. The van der Waals surface area contributed by atoms with E-state index >= 15 is 0 Å². The Balaban J connectivity index is 2.05. The first-order chi connectivity index (χ1) is 7.24. The molecule has 0 saturated carbocycles. The molecule has 0 aliphatic rings. The normalized spacial score (nSPS) is 10.3. The summed E-state index contributed by atoms with van der Waals surface area (Å²) in [6, 6.07) is 3.85. The summed E-state index contributed by atoms with van der Waals surface area (Å²) >= 11 is 0. The lowest BCUT2D eigenvalue weighted by molar-refractivity contribution is 0.564. The van der Waals surface area contributed by atoms with E-state index in [1.165, 1.54) is 0 Å². The zero-order valence-corrected chi connectivity index (χ0v) is 8.82. The molecule has 0 aliphatic carbocycles. The first-order valence-corrected chi connectivity index (χ1v) is 4.81. The fourth-order valence-electron chi connectivity index (χ4n) is 1.39. The Labute approximate surface area is 88.4 Å². The standard InChI is InChI=1S/C11H13N3O/c1-8-5-11(14-9(2)13-8)12-6-10-3-4-15-7-10/h3-5,7H,6H2,1-2H3,(H,12,13,14). The minimum atomic E-state index is 0.715. The fourth-order valence-corrected chi connectivity index (χ4v) is 1.39. The largest absolute Gasteiger partial charge is 0.472 e. The molecule has 15 heavy (non-hydrogen) atoms. The average molecular weight is 203 g/mol. The second-order valence-electron chi connectivity index (χ2n) is 3.43. The summed E-state index contributed by atoms with van der Waals surface area (Å²) in [7, 11) is 0. The lowest BCUT2D eigenvalue weighted by Gasteiger charge is -2.05. The van der Waals surface area contributed by atoms with Crippen LogP contribution in [0.5, 0.6) is 0 Å². The molecule has 2 aromatic rings. The number of rotatable bonds is 3. The summed E-state index contributed by atoms with van der Waals surface area (Å²) in [5.41, 5.74) is 2.07. The van der Waals surface area contributed by atoms with E-state index in [0.717, 1.165) is 22.9 Å². The van der Waals surface area contributed by atoms with Crippen LogP contribution < -0.4 is 5.32 Å². The maximum atomic E-state index is 4.98. The van der Waals surface area contributed by atoms with Crippen LogP contribution in [0.15, 0.2) is 29.1 Å². The van der Waals surface area contributed by atoms with Crippen LogP contribution in [0.1, 0.15) is 17.1 Å². The number of nitrogens with zero attached hydrogens (tertiary/aromatic N) is 2. The van der Waals surface area contributed by atoms with E-state index in [-0.39, 0.29) is 0 Å². The van der Waals surface area contributed by atoms with Gasteiger partial charge in [0.1, 0.15) is 11.6 Å². The van der Waals surface area contributed by atoms with E-state index in [0.29, 0.717) is 6.54 Å².